The Labute approximate surface area is 142 Å². The van der Waals surface area contributed by atoms with E-state index in [0.29, 0.717) is 12.3 Å². The zero-order valence-corrected chi connectivity index (χ0v) is 15.3. The van der Waals surface area contributed by atoms with E-state index in [1.54, 1.807) is 18.4 Å². The van der Waals surface area contributed by atoms with Crippen LogP contribution in [0.4, 0.5) is 0 Å². The molecular weight excluding hydrogens is 306 g/mol. The number of ether oxygens (including phenoxy) is 1. The van der Waals surface area contributed by atoms with Crippen LogP contribution in [0, 0.1) is 6.92 Å². The number of carbonyl (C=O) groups is 1. The van der Waals surface area contributed by atoms with Crippen molar-refractivity contribution in [3.63, 3.8) is 0 Å². The summed E-state index contributed by atoms with van der Waals surface area (Å²) >= 11 is 1.61. The summed E-state index contributed by atoms with van der Waals surface area (Å²) < 4.78 is 5.49. The third-order valence-electron chi connectivity index (χ3n) is 4.00. The van der Waals surface area contributed by atoms with Crippen LogP contribution in [0.15, 0.2) is 29.6 Å². The monoisotopic (exact) mass is 331 g/mol. The number of hydrogen-bond donors (Lipinski definition) is 1. The van der Waals surface area contributed by atoms with Crippen LogP contribution in [0.2, 0.25) is 0 Å². The summed E-state index contributed by atoms with van der Waals surface area (Å²) in [6.45, 7) is 8.39. The molecule has 0 saturated heterocycles. The highest BCUT2D eigenvalue weighted by Crippen LogP contribution is 2.32. The van der Waals surface area contributed by atoms with Gasteiger partial charge in [-0.3, -0.25) is 4.79 Å². The van der Waals surface area contributed by atoms with Gasteiger partial charge in [-0.1, -0.05) is 19.9 Å². The number of hydrogen-bond acceptors (Lipinski definition) is 3. The summed E-state index contributed by atoms with van der Waals surface area (Å²) in [5.41, 5.74) is 3.46. The quantitative estimate of drug-likeness (QED) is 0.839. The lowest BCUT2D eigenvalue weighted by Gasteiger charge is -2.21. The molecule has 0 bridgehead atoms. The Balaban J connectivity index is 2.16. The molecule has 0 aliphatic heterocycles. The van der Waals surface area contributed by atoms with E-state index in [4.69, 9.17) is 4.74 Å². The van der Waals surface area contributed by atoms with Gasteiger partial charge >= 0.3 is 0 Å². The highest BCUT2D eigenvalue weighted by molar-refractivity contribution is 7.10. The third kappa shape index (κ3) is 4.35. The fraction of sp³-hybridized carbons (Fsp3) is 0.421. The summed E-state index contributed by atoms with van der Waals surface area (Å²) in [7, 11) is 1.70. The molecule has 1 atom stereocenters. The molecule has 2 rings (SSSR count). The third-order valence-corrected chi connectivity index (χ3v) is 4.88. The lowest BCUT2D eigenvalue weighted by Crippen LogP contribution is -2.28. The lowest BCUT2D eigenvalue weighted by atomic mass is 9.93. The Hall–Kier alpha value is -1.81. The van der Waals surface area contributed by atoms with Crippen LogP contribution < -0.4 is 10.1 Å². The molecule has 124 valence electrons. The van der Waals surface area contributed by atoms with Gasteiger partial charge in [0.15, 0.2) is 0 Å². The zero-order chi connectivity index (χ0) is 17.0. The Morgan fingerprint density at radius 1 is 1.26 bits per heavy atom. The van der Waals surface area contributed by atoms with Crippen LogP contribution >= 0.6 is 11.3 Å². The van der Waals surface area contributed by atoms with Gasteiger partial charge in [0.2, 0.25) is 5.91 Å². The van der Waals surface area contributed by atoms with Crippen molar-refractivity contribution in [1.29, 1.82) is 0 Å². The zero-order valence-electron chi connectivity index (χ0n) is 14.5. The molecule has 1 aromatic heterocycles. The van der Waals surface area contributed by atoms with E-state index in [-0.39, 0.29) is 11.9 Å². The van der Waals surface area contributed by atoms with Crippen LogP contribution in [0.25, 0.3) is 0 Å². The van der Waals surface area contributed by atoms with Gasteiger partial charge in [-0.25, -0.2) is 0 Å². The average Bonchev–Trinajstić information content (AvgIpc) is 2.98. The molecular formula is C19H25NO2S. The fourth-order valence-corrected chi connectivity index (χ4v) is 3.46. The molecule has 2 aromatic rings. The van der Waals surface area contributed by atoms with Crippen molar-refractivity contribution in [3.8, 4) is 5.75 Å². The molecule has 0 spiro atoms. The lowest BCUT2D eigenvalue weighted by molar-refractivity contribution is -0.121. The molecule has 1 aromatic carbocycles. The number of carbonyl (C=O) groups excluding carboxylic acids is 1. The predicted octanol–water partition coefficient (Wildman–Crippen LogP) is 4.61. The summed E-state index contributed by atoms with van der Waals surface area (Å²) in [5.74, 6) is 1.35. The van der Waals surface area contributed by atoms with Crippen LogP contribution in [0.1, 0.15) is 54.3 Å². The van der Waals surface area contributed by atoms with E-state index in [1.807, 2.05) is 24.4 Å². The number of benzene rings is 1. The van der Waals surface area contributed by atoms with Gasteiger partial charge in [-0.15, -0.1) is 11.3 Å². The Bertz CT molecular complexity index is 662. The maximum atomic E-state index is 12.2. The second-order valence-electron chi connectivity index (χ2n) is 6.15. The Morgan fingerprint density at radius 2 is 2.00 bits per heavy atom. The minimum Gasteiger partial charge on any atom is -0.496 e. The fourth-order valence-electron chi connectivity index (χ4n) is 2.75. The number of thiophene rings is 1. The number of rotatable bonds is 6. The van der Waals surface area contributed by atoms with E-state index in [9.17, 15) is 4.79 Å². The van der Waals surface area contributed by atoms with Gasteiger partial charge in [0, 0.05) is 4.88 Å². The smallest absolute Gasteiger partial charge is 0.225 e. The van der Waals surface area contributed by atoms with Crippen LogP contribution in [-0.2, 0) is 11.2 Å². The van der Waals surface area contributed by atoms with Gasteiger partial charge in [-0.05, 0) is 60.0 Å². The average molecular weight is 331 g/mol. The van der Waals surface area contributed by atoms with Crippen molar-refractivity contribution in [1.82, 2.24) is 5.32 Å². The second-order valence-corrected chi connectivity index (χ2v) is 7.18. The number of amides is 1. The van der Waals surface area contributed by atoms with Gasteiger partial charge in [0.25, 0.3) is 0 Å². The van der Waals surface area contributed by atoms with E-state index < -0.39 is 0 Å². The molecule has 4 heteroatoms. The Morgan fingerprint density at radius 3 is 2.57 bits per heavy atom. The minimum atomic E-state index is -0.0223. The van der Waals surface area contributed by atoms with E-state index >= 15 is 0 Å². The summed E-state index contributed by atoms with van der Waals surface area (Å²) in [4.78, 5) is 13.3. The topological polar surface area (TPSA) is 38.3 Å². The maximum Gasteiger partial charge on any atom is 0.225 e. The first-order chi connectivity index (χ1) is 10.9. The maximum absolute atomic E-state index is 12.2. The van der Waals surface area contributed by atoms with Gasteiger partial charge in [0.05, 0.1) is 19.6 Å². The number of aryl methyl sites for hydroxylation is 1. The van der Waals surface area contributed by atoms with Crippen molar-refractivity contribution >= 4 is 17.2 Å². The largest absolute Gasteiger partial charge is 0.496 e. The first kappa shape index (κ1) is 17.5. The SMILES string of the molecule is COc1cc(C)c([C@@H](C)NC(=O)Cc2cccs2)cc1C(C)C. The van der Waals surface area contributed by atoms with Crippen molar-refractivity contribution in [2.75, 3.05) is 7.11 Å². The van der Waals surface area contributed by atoms with Crippen molar-refractivity contribution < 1.29 is 9.53 Å². The van der Waals surface area contributed by atoms with Gasteiger partial charge < -0.3 is 10.1 Å². The molecule has 1 N–H and O–H groups in total. The number of methoxy groups -OCH3 is 1. The van der Waals surface area contributed by atoms with Gasteiger partial charge in [-0.2, -0.15) is 0 Å². The minimum absolute atomic E-state index is 0.0223. The molecule has 3 nitrogen and oxygen atoms in total. The van der Waals surface area contributed by atoms with Crippen LogP contribution in [0.5, 0.6) is 5.75 Å². The normalized spacial score (nSPS) is 12.3. The van der Waals surface area contributed by atoms with Gasteiger partial charge in [0.1, 0.15) is 5.75 Å². The van der Waals surface area contributed by atoms with Crippen LogP contribution in [0.3, 0.4) is 0 Å². The van der Waals surface area contributed by atoms with Crippen LogP contribution in [-0.4, -0.2) is 13.0 Å². The second kappa shape index (κ2) is 7.64. The standard InChI is InChI=1S/C19H25NO2S/c1-12(2)16-11-17(13(3)9-18(16)22-5)14(4)20-19(21)10-15-7-6-8-23-15/h6-9,11-12,14H,10H2,1-5H3,(H,20,21)/t14-/m1/s1. The molecule has 0 fully saturated rings. The first-order valence-electron chi connectivity index (χ1n) is 7.92. The molecule has 23 heavy (non-hydrogen) atoms. The van der Waals surface area contributed by atoms with E-state index in [2.05, 4.69) is 38.2 Å². The predicted molar refractivity (Wildman–Crippen MR) is 96.4 cm³/mol. The van der Waals surface area contributed by atoms with Crippen molar-refractivity contribution in [3.05, 3.63) is 51.2 Å². The van der Waals surface area contributed by atoms with Crippen molar-refractivity contribution in [2.24, 2.45) is 0 Å². The highest BCUT2D eigenvalue weighted by atomic mass is 32.1. The summed E-state index contributed by atoms with van der Waals surface area (Å²) in [6, 6.07) is 8.16. The number of nitrogens with one attached hydrogen (secondary N) is 1. The van der Waals surface area contributed by atoms with E-state index in [1.165, 1.54) is 5.56 Å². The summed E-state index contributed by atoms with van der Waals surface area (Å²) in [6.07, 6.45) is 0.439. The molecule has 0 unspecified atom stereocenters. The molecule has 1 amide bonds. The molecule has 0 saturated carbocycles. The molecule has 1 heterocycles. The highest BCUT2D eigenvalue weighted by Gasteiger charge is 2.17. The molecule has 0 aliphatic rings. The molecule has 0 aliphatic carbocycles. The molecule has 0 radical (unpaired) electrons. The Kier molecular flexibility index (Phi) is 5.83. The summed E-state index contributed by atoms with van der Waals surface area (Å²) in [5, 5.41) is 5.10. The first-order valence-corrected chi connectivity index (χ1v) is 8.80. The van der Waals surface area contributed by atoms with Crippen molar-refractivity contribution in [2.45, 2.75) is 46.1 Å². The van der Waals surface area contributed by atoms with E-state index in [0.717, 1.165) is 21.8 Å².